The summed E-state index contributed by atoms with van der Waals surface area (Å²) in [5, 5.41) is 2.89. The maximum Gasteiger partial charge on any atom is 0.245 e. The van der Waals surface area contributed by atoms with E-state index in [0.29, 0.717) is 6.54 Å². The summed E-state index contributed by atoms with van der Waals surface area (Å²) in [4.78, 5) is 14.0. The fraction of sp³-hybridized carbons (Fsp3) is 0.462. The molecule has 0 spiro atoms. The first kappa shape index (κ1) is 11.8. The van der Waals surface area contributed by atoms with Crippen molar-refractivity contribution in [3.05, 3.63) is 23.8 Å². The minimum Gasteiger partial charge on any atom is -0.398 e. The molecule has 4 nitrogen and oxygen atoms in total. The summed E-state index contributed by atoms with van der Waals surface area (Å²) < 4.78 is 0. The van der Waals surface area contributed by atoms with Crippen molar-refractivity contribution in [3.8, 4) is 0 Å². The number of carbonyl (C=O) groups excluding carboxylic acids is 1. The molecule has 0 saturated carbocycles. The Bertz CT molecular complexity index is 454. The molecule has 0 bridgehead atoms. The molecule has 1 saturated heterocycles. The average Bonchev–Trinajstić information content (AvgIpc) is 2.27. The lowest BCUT2D eigenvalue weighted by Crippen LogP contribution is -2.62. The van der Waals surface area contributed by atoms with Crippen molar-refractivity contribution >= 4 is 17.3 Å². The minimum atomic E-state index is -0.531. The van der Waals surface area contributed by atoms with E-state index in [4.69, 9.17) is 5.73 Å². The van der Waals surface area contributed by atoms with Crippen molar-refractivity contribution in [2.24, 2.45) is 0 Å². The first-order valence-electron chi connectivity index (χ1n) is 5.85. The molecule has 0 aromatic heterocycles. The molecular weight excluding hydrogens is 214 g/mol. The SMILES string of the molecule is Cc1c(N)cccc1N1CCNC(=O)C1(C)C. The van der Waals surface area contributed by atoms with Gasteiger partial charge in [0.1, 0.15) is 5.54 Å². The van der Waals surface area contributed by atoms with Crippen LogP contribution in [0.25, 0.3) is 0 Å². The molecule has 1 fully saturated rings. The number of amides is 1. The molecule has 0 unspecified atom stereocenters. The number of carbonyl (C=O) groups is 1. The van der Waals surface area contributed by atoms with Crippen LogP contribution in [0.5, 0.6) is 0 Å². The van der Waals surface area contributed by atoms with Crippen molar-refractivity contribution in [1.29, 1.82) is 0 Å². The van der Waals surface area contributed by atoms with Crippen LogP contribution in [-0.4, -0.2) is 24.5 Å². The van der Waals surface area contributed by atoms with E-state index >= 15 is 0 Å². The lowest BCUT2D eigenvalue weighted by molar-refractivity contribution is -0.126. The van der Waals surface area contributed by atoms with Gasteiger partial charge in [-0.25, -0.2) is 0 Å². The van der Waals surface area contributed by atoms with Gasteiger partial charge in [0.15, 0.2) is 0 Å². The van der Waals surface area contributed by atoms with Gasteiger partial charge in [-0.1, -0.05) is 6.07 Å². The Balaban J connectivity index is 2.45. The number of benzene rings is 1. The molecule has 4 heteroatoms. The molecule has 1 heterocycles. The van der Waals surface area contributed by atoms with E-state index in [1.807, 2.05) is 39.0 Å². The molecule has 1 aromatic rings. The molecule has 92 valence electrons. The Hall–Kier alpha value is -1.71. The Kier molecular flexibility index (Phi) is 2.73. The van der Waals surface area contributed by atoms with Gasteiger partial charge in [0.2, 0.25) is 5.91 Å². The molecule has 0 atom stereocenters. The van der Waals surface area contributed by atoms with Crippen LogP contribution in [-0.2, 0) is 4.79 Å². The third kappa shape index (κ3) is 1.84. The third-order valence-electron chi connectivity index (χ3n) is 3.49. The van der Waals surface area contributed by atoms with Gasteiger partial charge in [-0.05, 0) is 38.5 Å². The third-order valence-corrected chi connectivity index (χ3v) is 3.49. The van der Waals surface area contributed by atoms with Crippen LogP contribution in [0.2, 0.25) is 0 Å². The number of hydrogen-bond donors (Lipinski definition) is 2. The van der Waals surface area contributed by atoms with E-state index in [1.165, 1.54) is 0 Å². The fourth-order valence-corrected chi connectivity index (χ4v) is 2.25. The fourth-order valence-electron chi connectivity index (χ4n) is 2.25. The Morgan fingerprint density at radius 3 is 2.82 bits per heavy atom. The normalized spacial score (nSPS) is 19.0. The van der Waals surface area contributed by atoms with E-state index in [2.05, 4.69) is 10.2 Å². The Labute approximate surface area is 102 Å². The van der Waals surface area contributed by atoms with E-state index in [1.54, 1.807) is 0 Å². The molecule has 1 aliphatic rings. The van der Waals surface area contributed by atoms with E-state index in [0.717, 1.165) is 23.5 Å². The zero-order valence-corrected chi connectivity index (χ0v) is 10.6. The zero-order valence-electron chi connectivity index (χ0n) is 10.6. The second-order valence-electron chi connectivity index (χ2n) is 4.96. The number of nitrogens with one attached hydrogen (secondary N) is 1. The van der Waals surface area contributed by atoms with Crippen molar-refractivity contribution in [3.63, 3.8) is 0 Å². The Morgan fingerprint density at radius 2 is 2.12 bits per heavy atom. The van der Waals surface area contributed by atoms with Gasteiger partial charge in [0.25, 0.3) is 0 Å². The largest absolute Gasteiger partial charge is 0.398 e. The molecular formula is C13H19N3O. The van der Waals surface area contributed by atoms with E-state index in [9.17, 15) is 4.79 Å². The number of hydrogen-bond acceptors (Lipinski definition) is 3. The first-order chi connectivity index (χ1) is 7.94. The number of rotatable bonds is 1. The Morgan fingerprint density at radius 1 is 1.41 bits per heavy atom. The number of nitrogens with two attached hydrogens (primary N) is 1. The molecule has 17 heavy (non-hydrogen) atoms. The van der Waals surface area contributed by atoms with E-state index in [-0.39, 0.29) is 5.91 Å². The lowest BCUT2D eigenvalue weighted by Gasteiger charge is -2.43. The molecule has 0 aliphatic carbocycles. The van der Waals surface area contributed by atoms with Crippen molar-refractivity contribution in [1.82, 2.24) is 5.32 Å². The number of nitrogen functional groups attached to an aromatic ring is 1. The highest BCUT2D eigenvalue weighted by atomic mass is 16.2. The van der Waals surface area contributed by atoms with Crippen LogP contribution in [0.15, 0.2) is 18.2 Å². The maximum atomic E-state index is 11.9. The molecule has 2 rings (SSSR count). The highest BCUT2D eigenvalue weighted by molar-refractivity contribution is 5.91. The molecule has 0 radical (unpaired) electrons. The van der Waals surface area contributed by atoms with Gasteiger partial charge < -0.3 is 16.0 Å². The van der Waals surface area contributed by atoms with Crippen LogP contribution in [0.1, 0.15) is 19.4 Å². The lowest BCUT2D eigenvalue weighted by atomic mass is 9.96. The van der Waals surface area contributed by atoms with E-state index < -0.39 is 5.54 Å². The van der Waals surface area contributed by atoms with Crippen molar-refractivity contribution in [2.75, 3.05) is 23.7 Å². The zero-order chi connectivity index (χ0) is 12.6. The smallest absolute Gasteiger partial charge is 0.245 e. The van der Waals surface area contributed by atoms with Crippen LogP contribution in [0.4, 0.5) is 11.4 Å². The van der Waals surface area contributed by atoms with Crippen LogP contribution >= 0.6 is 0 Å². The summed E-state index contributed by atoms with van der Waals surface area (Å²) in [5.74, 6) is 0.0607. The first-order valence-corrected chi connectivity index (χ1v) is 5.85. The number of piperazine rings is 1. The monoisotopic (exact) mass is 233 g/mol. The quantitative estimate of drug-likeness (QED) is 0.719. The molecule has 1 amide bonds. The molecule has 1 aromatic carbocycles. The summed E-state index contributed by atoms with van der Waals surface area (Å²) in [6.45, 7) is 7.35. The van der Waals surface area contributed by atoms with Crippen molar-refractivity contribution in [2.45, 2.75) is 26.3 Å². The second kappa shape index (κ2) is 3.95. The summed E-state index contributed by atoms with van der Waals surface area (Å²) in [6, 6.07) is 5.84. The summed E-state index contributed by atoms with van der Waals surface area (Å²) in [7, 11) is 0. The second-order valence-corrected chi connectivity index (χ2v) is 4.96. The topological polar surface area (TPSA) is 58.4 Å². The van der Waals surface area contributed by atoms with Crippen LogP contribution in [0.3, 0.4) is 0 Å². The average molecular weight is 233 g/mol. The number of nitrogens with zero attached hydrogens (tertiary/aromatic N) is 1. The summed E-state index contributed by atoms with van der Waals surface area (Å²) in [6.07, 6.45) is 0. The highest BCUT2D eigenvalue weighted by Gasteiger charge is 2.38. The predicted molar refractivity (Wildman–Crippen MR) is 70.0 cm³/mol. The molecule has 3 N–H and O–H groups in total. The molecule has 1 aliphatic heterocycles. The van der Waals surface area contributed by atoms with Crippen LogP contribution in [0, 0.1) is 6.92 Å². The van der Waals surface area contributed by atoms with Gasteiger partial charge in [0, 0.05) is 24.5 Å². The predicted octanol–water partition coefficient (Wildman–Crippen LogP) is 1.29. The standard InChI is InChI=1S/C13H19N3O/c1-9-10(14)5-4-6-11(9)16-8-7-15-12(17)13(16,2)3/h4-6H,7-8,14H2,1-3H3,(H,15,17). The maximum absolute atomic E-state index is 11.9. The summed E-state index contributed by atoms with van der Waals surface area (Å²) in [5.41, 5.74) is 8.24. The van der Waals surface area contributed by atoms with Gasteiger partial charge in [0.05, 0.1) is 0 Å². The van der Waals surface area contributed by atoms with Gasteiger partial charge in [-0.15, -0.1) is 0 Å². The van der Waals surface area contributed by atoms with Gasteiger partial charge in [-0.2, -0.15) is 0 Å². The number of anilines is 2. The van der Waals surface area contributed by atoms with Crippen LogP contribution < -0.4 is 16.0 Å². The van der Waals surface area contributed by atoms with Gasteiger partial charge in [-0.3, -0.25) is 4.79 Å². The van der Waals surface area contributed by atoms with Crippen molar-refractivity contribution < 1.29 is 4.79 Å². The minimum absolute atomic E-state index is 0.0607. The summed E-state index contributed by atoms with van der Waals surface area (Å²) >= 11 is 0. The highest BCUT2D eigenvalue weighted by Crippen LogP contribution is 2.31. The van der Waals surface area contributed by atoms with Gasteiger partial charge >= 0.3 is 0 Å².